The number of likely N-dealkylation sites (N-methyl/N-ethyl adjacent to an activating group) is 1. The van der Waals surface area contributed by atoms with Crippen LogP contribution in [0.25, 0.3) is 0 Å². The number of carbonyl (C=O) groups excluding carboxylic acids is 2. The van der Waals surface area contributed by atoms with Gasteiger partial charge in [-0.1, -0.05) is 19.0 Å². The maximum Gasteiger partial charge on any atom is 0.294 e. The molecule has 0 aliphatic carbocycles. The molecule has 0 spiro atoms. The molecule has 9 nitrogen and oxygen atoms in total. The zero-order valence-electron chi connectivity index (χ0n) is 20.0. The molecule has 2 heterocycles. The third-order valence-corrected chi connectivity index (χ3v) is 6.00. The first-order valence-electron chi connectivity index (χ1n) is 11.3. The third kappa shape index (κ3) is 6.11. The van der Waals surface area contributed by atoms with Gasteiger partial charge in [0.1, 0.15) is 12.4 Å². The van der Waals surface area contributed by atoms with Gasteiger partial charge in [0.15, 0.2) is 0 Å². The fourth-order valence-corrected chi connectivity index (χ4v) is 4.05. The highest BCUT2D eigenvalue weighted by molar-refractivity contribution is 6.04. The van der Waals surface area contributed by atoms with E-state index in [-0.39, 0.29) is 29.7 Å². The second kappa shape index (κ2) is 11.3. The Bertz CT molecular complexity index is 933. The lowest BCUT2D eigenvalue weighted by molar-refractivity contribution is 0.0108. The molecule has 3 rings (SSSR count). The van der Waals surface area contributed by atoms with Gasteiger partial charge < -0.3 is 24.2 Å². The molecule has 2 amide bonds. The lowest BCUT2D eigenvalue weighted by Gasteiger charge is -2.35. The monoisotopic (exact) mass is 458 g/mol. The maximum atomic E-state index is 13.4. The molecule has 33 heavy (non-hydrogen) atoms. The van der Waals surface area contributed by atoms with Gasteiger partial charge in [-0.3, -0.25) is 14.5 Å². The summed E-state index contributed by atoms with van der Waals surface area (Å²) in [5.41, 5.74) is 0.843. The van der Waals surface area contributed by atoms with Crippen LogP contribution in [0.15, 0.2) is 35.0 Å². The van der Waals surface area contributed by atoms with Crippen LogP contribution in [0.1, 0.15) is 48.1 Å². The Morgan fingerprint density at radius 1 is 1.27 bits per heavy atom. The smallest absolute Gasteiger partial charge is 0.294 e. The van der Waals surface area contributed by atoms with E-state index in [1.807, 2.05) is 0 Å². The number of anilines is 1. The Morgan fingerprint density at radius 2 is 2.06 bits per heavy atom. The largest absolute Gasteiger partial charge is 0.491 e. The first-order valence-corrected chi connectivity index (χ1v) is 11.3. The molecule has 0 saturated heterocycles. The molecule has 3 atom stereocenters. The number of ether oxygens (including phenoxy) is 2. The van der Waals surface area contributed by atoms with Crippen molar-refractivity contribution in [3.63, 3.8) is 0 Å². The van der Waals surface area contributed by atoms with Crippen molar-refractivity contribution in [2.24, 2.45) is 5.92 Å². The maximum absolute atomic E-state index is 13.4. The molecular formula is C24H34N4O5. The molecule has 0 fully saturated rings. The van der Waals surface area contributed by atoms with Crippen molar-refractivity contribution < 1.29 is 23.6 Å². The lowest BCUT2D eigenvalue weighted by Crippen LogP contribution is -2.46. The molecule has 1 aromatic heterocycles. The van der Waals surface area contributed by atoms with Crippen LogP contribution in [0.5, 0.6) is 5.75 Å². The number of rotatable bonds is 5. The Labute approximate surface area is 195 Å². The molecule has 0 saturated carbocycles. The second-order valence-electron chi connectivity index (χ2n) is 8.63. The first-order chi connectivity index (χ1) is 15.8. The number of hydrogen-bond acceptors (Lipinski definition) is 7. The summed E-state index contributed by atoms with van der Waals surface area (Å²) in [6.45, 7) is 9.16. The normalized spacial score (nSPS) is 22.6. The van der Waals surface area contributed by atoms with Crippen LogP contribution < -0.4 is 10.1 Å². The predicted molar refractivity (Wildman–Crippen MR) is 125 cm³/mol. The van der Waals surface area contributed by atoms with Crippen molar-refractivity contribution in [1.29, 1.82) is 0 Å². The summed E-state index contributed by atoms with van der Waals surface area (Å²) < 4.78 is 16.8. The third-order valence-electron chi connectivity index (χ3n) is 6.00. The van der Waals surface area contributed by atoms with Gasteiger partial charge in [0, 0.05) is 45.0 Å². The highest BCUT2D eigenvalue weighted by Crippen LogP contribution is 2.26. The number of nitrogens with zero attached hydrogens (tertiary/aromatic N) is 3. The molecule has 1 aliphatic rings. The minimum atomic E-state index is -0.445. The van der Waals surface area contributed by atoms with E-state index in [1.165, 1.54) is 12.3 Å². The molecule has 1 N–H and O–H groups in total. The number of amides is 2. The van der Waals surface area contributed by atoms with Crippen LogP contribution in [0, 0.1) is 5.92 Å². The highest BCUT2D eigenvalue weighted by atomic mass is 16.5. The summed E-state index contributed by atoms with van der Waals surface area (Å²) in [5.74, 6) is 0.151. The average Bonchev–Trinajstić information content (AvgIpc) is 3.35. The van der Waals surface area contributed by atoms with Crippen molar-refractivity contribution in [3.8, 4) is 5.75 Å². The Kier molecular flexibility index (Phi) is 8.46. The van der Waals surface area contributed by atoms with Gasteiger partial charge in [0.05, 0.1) is 17.9 Å². The zero-order valence-corrected chi connectivity index (χ0v) is 20.0. The summed E-state index contributed by atoms with van der Waals surface area (Å²) in [6, 6.07) is 6.70. The van der Waals surface area contributed by atoms with E-state index in [0.717, 1.165) is 19.5 Å². The predicted octanol–water partition coefficient (Wildman–Crippen LogP) is 3.14. The summed E-state index contributed by atoms with van der Waals surface area (Å²) in [5, 5.41) is 6.29. The van der Waals surface area contributed by atoms with E-state index in [0.29, 0.717) is 30.2 Å². The van der Waals surface area contributed by atoms with E-state index in [1.54, 1.807) is 37.3 Å². The van der Waals surface area contributed by atoms with Crippen molar-refractivity contribution in [1.82, 2.24) is 15.0 Å². The topological polar surface area (TPSA) is 97.1 Å². The number of aromatic nitrogens is 1. The molecule has 0 radical (unpaired) electrons. The minimum absolute atomic E-state index is 0.0872. The number of carbonyl (C=O) groups is 2. The van der Waals surface area contributed by atoms with Crippen LogP contribution in [0.3, 0.4) is 0 Å². The van der Waals surface area contributed by atoms with Crippen LogP contribution in [0.2, 0.25) is 0 Å². The molecule has 1 aromatic carbocycles. The zero-order chi connectivity index (χ0) is 24.0. The summed E-state index contributed by atoms with van der Waals surface area (Å²) in [7, 11) is 3.44. The van der Waals surface area contributed by atoms with Crippen molar-refractivity contribution in [2.45, 2.75) is 39.3 Å². The molecule has 0 bridgehead atoms. The van der Waals surface area contributed by atoms with E-state index in [4.69, 9.17) is 14.0 Å². The minimum Gasteiger partial charge on any atom is -0.491 e. The molecule has 9 heteroatoms. The van der Waals surface area contributed by atoms with Gasteiger partial charge in [0.2, 0.25) is 5.76 Å². The Morgan fingerprint density at radius 3 is 2.73 bits per heavy atom. The summed E-state index contributed by atoms with van der Waals surface area (Å²) >= 11 is 0. The van der Waals surface area contributed by atoms with Crippen LogP contribution >= 0.6 is 0 Å². The standard InChI is InChI=1S/C24H34N4O5/c1-6-11-28-13-16(2)22(31-5)14-27(4)24(30)19-12-18(7-8-20(19)32-15-17(28)3)26-23(29)21-9-10-25-33-21/h7-10,12,16-17,22H,6,11,13-15H2,1-5H3,(H,26,29)/t16-,17-,22+/m0/s1. The number of hydrogen-bond donors (Lipinski definition) is 1. The van der Waals surface area contributed by atoms with Gasteiger partial charge in [-0.15, -0.1) is 0 Å². The lowest BCUT2D eigenvalue weighted by atomic mass is 10.0. The first kappa shape index (κ1) is 24.7. The summed E-state index contributed by atoms with van der Waals surface area (Å²) in [6.07, 6.45) is 2.33. The Balaban J connectivity index is 1.91. The van der Waals surface area contributed by atoms with Gasteiger partial charge in [0.25, 0.3) is 11.8 Å². The molecular weight excluding hydrogens is 424 g/mol. The van der Waals surface area contributed by atoms with Gasteiger partial charge >= 0.3 is 0 Å². The fourth-order valence-electron chi connectivity index (χ4n) is 4.05. The van der Waals surface area contributed by atoms with Crippen molar-refractivity contribution in [2.75, 3.05) is 45.7 Å². The van der Waals surface area contributed by atoms with Gasteiger partial charge in [-0.2, -0.15) is 0 Å². The van der Waals surface area contributed by atoms with Crippen molar-refractivity contribution >= 4 is 17.5 Å². The molecule has 2 aromatic rings. The second-order valence-corrected chi connectivity index (χ2v) is 8.63. The van der Waals surface area contributed by atoms with Crippen LogP contribution in [0.4, 0.5) is 5.69 Å². The van der Waals surface area contributed by atoms with E-state index >= 15 is 0 Å². The quantitative estimate of drug-likeness (QED) is 0.735. The average molecular weight is 459 g/mol. The van der Waals surface area contributed by atoms with E-state index in [9.17, 15) is 9.59 Å². The molecule has 1 aliphatic heterocycles. The highest BCUT2D eigenvalue weighted by Gasteiger charge is 2.28. The SMILES string of the molecule is CCCN1C[C@H](C)[C@H](OC)CN(C)C(=O)c2cc(NC(=O)c3ccno3)ccc2OC[C@@H]1C. The van der Waals surface area contributed by atoms with Gasteiger partial charge in [-0.25, -0.2) is 0 Å². The van der Waals surface area contributed by atoms with Crippen LogP contribution in [-0.2, 0) is 4.74 Å². The molecule has 0 unspecified atom stereocenters. The van der Waals surface area contributed by atoms with Gasteiger partial charge in [-0.05, 0) is 44.0 Å². The van der Waals surface area contributed by atoms with Crippen molar-refractivity contribution in [3.05, 3.63) is 41.8 Å². The number of methoxy groups -OCH3 is 1. The Hall–Kier alpha value is -2.91. The number of fused-ring (bicyclic) bond motifs is 1. The number of nitrogens with one attached hydrogen (secondary N) is 1. The number of benzene rings is 1. The van der Waals surface area contributed by atoms with Crippen LogP contribution in [-0.4, -0.2) is 79.3 Å². The van der Waals surface area contributed by atoms with E-state index < -0.39 is 5.91 Å². The summed E-state index contributed by atoms with van der Waals surface area (Å²) in [4.78, 5) is 29.8. The fraction of sp³-hybridized carbons (Fsp3) is 0.542. The van der Waals surface area contributed by atoms with E-state index in [2.05, 4.69) is 36.1 Å². The molecule has 180 valence electrons.